The van der Waals surface area contributed by atoms with Crippen LogP contribution in [0.5, 0.6) is 5.75 Å². The summed E-state index contributed by atoms with van der Waals surface area (Å²) in [4.78, 5) is 12.5. The van der Waals surface area contributed by atoms with Crippen LogP contribution in [0.2, 0.25) is 0 Å². The SMILES string of the molecule is Cc1cc(OC2CN(S(=O)(=O)c3ccc(Br)cc3)C2)cc(=O)n1C1CC1. The largest absolute Gasteiger partial charge is 0.487 e. The zero-order valence-corrected chi connectivity index (χ0v) is 16.7. The molecule has 2 fully saturated rings. The Kier molecular flexibility index (Phi) is 4.45. The van der Waals surface area contributed by atoms with Crippen LogP contribution in [0.4, 0.5) is 0 Å². The number of ether oxygens (including phenoxy) is 1. The molecule has 0 unspecified atom stereocenters. The molecule has 2 heterocycles. The maximum atomic E-state index is 12.6. The van der Waals surface area contributed by atoms with Gasteiger partial charge in [0.1, 0.15) is 11.9 Å². The van der Waals surface area contributed by atoms with Gasteiger partial charge < -0.3 is 9.30 Å². The predicted molar refractivity (Wildman–Crippen MR) is 101 cm³/mol. The Hall–Kier alpha value is -1.64. The maximum Gasteiger partial charge on any atom is 0.254 e. The van der Waals surface area contributed by atoms with Crippen LogP contribution in [0, 0.1) is 6.92 Å². The Morgan fingerprint density at radius 3 is 2.35 bits per heavy atom. The van der Waals surface area contributed by atoms with Gasteiger partial charge in [0.05, 0.1) is 18.0 Å². The molecular formula is C18H19BrN2O4S. The first-order valence-corrected chi connectivity index (χ1v) is 10.7. The van der Waals surface area contributed by atoms with E-state index >= 15 is 0 Å². The van der Waals surface area contributed by atoms with Gasteiger partial charge in [-0.25, -0.2) is 8.42 Å². The van der Waals surface area contributed by atoms with Crippen LogP contribution in [0.3, 0.4) is 0 Å². The van der Waals surface area contributed by atoms with E-state index in [2.05, 4.69) is 15.9 Å². The summed E-state index contributed by atoms with van der Waals surface area (Å²) >= 11 is 3.30. The molecule has 26 heavy (non-hydrogen) atoms. The molecule has 138 valence electrons. The van der Waals surface area contributed by atoms with E-state index in [1.54, 1.807) is 28.8 Å². The fourth-order valence-electron chi connectivity index (χ4n) is 3.17. The van der Waals surface area contributed by atoms with Crippen molar-refractivity contribution in [2.75, 3.05) is 13.1 Å². The summed E-state index contributed by atoms with van der Waals surface area (Å²) < 4.78 is 35.0. The molecule has 1 saturated heterocycles. The Morgan fingerprint density at radius 1 is 1.12 bits per heavy atom. The van der Waals surface area contributed by atoms with E-state index in [9.17, 15) is 13.2 Å². The Balaban J connectivity index is 1.42. The van der Waals surface area contributed by atoms with E-state index < -0.39 is 10.0 Å². The number of benzene rings is 1. The number of aromatic nitrogens is 1. The van der Waals surface area contributed by atoms with Gasteiger partial charge in [-0.05, 0) is 50.1 Å². The van der Waals surface area contributed by atoms with Gasteiger partial charge in [0.2, 0.25) is 10.0 Å². The second-order valence-corrected chi connectivity index (χ2v) is 9.64. The van der Waals surface area contributed by atoms with Crippen LogP contribution in [-0.4, -0.2) is 36.5 Å². The van der Waals surface area contributed by atoms with Crippen LogP contribution in [0.15, 0.2) is 50.6 Å². The Bertz CT molecular complexity index is 991. The molecule has 0 spiro atoms. The second kappa shape index (κ2) is 6.51. The standard InChI is InChI=1S/C18H19BrN2O4S/c1-12-8-15(9-18(22)21(12)14-4-5-14)25-16-10-20(11-16)26(23,24)17-6-2-13(19)3-7-17/h2-3,6-9,14,16H,4-5,10-11H2,1H3. The van der Waals surface area contributed by atoms with E-state index in [1.807, 2.05) is 13.0 Å². The van der Waals surface area contributed by atoms with Crippen LogP contribution >= 0.6 is 15.9 Å². The third-order valence-electron chi connectivity index (χ3n) is 4.72. The third kappa shape index (κ3) is 3.33. The average Bonchev–Trinajstić information content (AvgIpc) is 3.35. The zero-order chi connectivity index (χ0) is 18.5. The third-order valence-corrected chi connectivity index (χ3v) is 7.09. The lowest BCUT2D eigenvalue weighted by molar-refractivity contribution is 0.0758. The quantitative estimate of drug-likeness (QED) is 0.719. The van der Waals surface area contributed by atoms with Gasteiger partial charge in [0, 0.05) is 22.3 Å². The molecule has 0 bridgehead atoms. The van der Waals surface area contributed by atoms with Gasteiger partial charge >= 0.3 is 0 Å². The first-order chi connectivity index (χ1) is 12.3. The number of hydrogen-bond acceptors (Lipinski definition) is 4. The van der Waals surface area contributed by atoms with E-state index in [1.165, 1.54) is 10.4 Å². The van der Waals surface area contributed by atoms with Gasteiger partial charge in [-0.1, -0.05) is 15.9 Å². The fraction of sp³-hybridized carbons (Fsp3) is 0.389. The van der Waals surface area contributed by atoms with Crippen molar-refractivity contribution in [1.29, 1.82) is 0 Å². The lowest BCUT2D eigenvalue weighted by Crippen LogP contribution is -2.56. The number of hydrogen-bond donors (Lipinski definition) is 0. The lowest BCUT2D eigenvalue weighted by atomic mass is 10.2. The number of pyridine rings is 1. The Labute approximate surface area is 160 Å². The van der Waals surface area contributed by atoms with E-state index in [0.717, 1.165) is 23.0 Å². The topological polar surface area (TPSA) is 68.6 Å². The molecule has 1 aromatic heterocycles. The molecule has 0 amide bonds. The summed E-state index contributed by atoms with van der Waals surface area (Å²) in [7, 11) is -3.50. The smallest absolute Gasteiger partial charge is 0.254 e. The first-order valence-electron chi connectivity index (χ1n) is 8.50. The van der Waals surface area contributed by atoms with Crippen molar-refractivity contribution >= 4 is 26.0 Å². The van der Waals surface area contributed by atoms with E-state index in [4.69, 9.17) is 4.74 Å². The molecule has 1 saturated carbocycles. The highest BCUT2D eigenvalue weighted by Gasteiger charge is 2.38. The predicted octanol–water partition coefficient (Wildman–Crippen LogP) is 2.71. The highest BCUT2D eigenvalue weighted by Crippen LogP contribution is 2.35. The maximum absolute atomic E-state index is 12.6. The van der Waals surface area contributed by atoms with Gasteiger partial charge in [0.25, 0.3) is 5.56 Å². The van der Waals surface area contributed by atoms with Crippen molar-refractivity contribution < 1.29 is 13.2 Å². The van der Waals surface area contributed by atoms with Crippen molar-refractivity contribution in [2.24, 2.45) is 0 Å². The van der Waals surface area contributed by atoms with Crippen molar-refractivity contribution in [3.05, 3.63) is 56.9 Å². The molecule has 2 aliphatic rings. The number of halogens is 1. The summed E-state index contributed by atoms with van der Waals surface area (Å²) in [5.41, 5.74) is 0.829. The first kappa shape index (κ1) is 17.8. The number of sulfonamides is 1. The summed E-state index contributed by atoms with van der Waals surface area (Å²) in [5, 5.41) is 0. The number of rotatable bonds is 5. The summed E-state index contributed by atoms with van der Waals surface area (Å²) in [6.45, 7) is 2.46. The van der Waals surface area contributed by atoms with Crippen molar-refractivity contribution in [3.63, 3.8) is 0 Å². The molecule has 0 atom stereocenters. The Morgan fingerprint density at radius 2 is 1.77 bits per heavy atom. The molecule has 0 N–H and O–H groups in total. The van der Waals surface area contributed by atoms with Gasteiger partial charge in [-0.3, -0.25) is 4.79 Å². The van der Waals surface area contributed by atoms with E-state index in [-0.39, 0.29) is 29.6 Å². The van der Waals surface area contributed by atoms with Gasteiger partial charge in [0.15, 0.2) is 0 Å². The molecule has 1 aliphatic heterocycles. The second-order valence-electron chi connectivity index (χ2n) is 6.79. The number of nitrogens with zero attached hydrogens (tertiary/aromatic N) is 2. The van der Waals surface area contributed by atoms with Crippen molar-refractivity contribution in [3.8, 4) is 5.75 Å². The molecule has 6 nitrogen and oxygen atoms in total. The van der Waals surface area contributed by atoms with E-state index in [0.29, 0.717) is 11.8 Å². The average molecular weight is 439 g/mol. The molecule has 0 radical (unpaired) electrons. The molecule has 1 aliphatic carbocycles. The highest BCUT2D eigenvalue weighted by atomic mass is 79.9. The molecule has 1 aromatic carbocycles. The molecule has 8 heteroatoms. The highest BCUT2D eigenvalue weighted by molar-refractivity contribution is 9.10. The van der Waals surface area contributed by atoms with Crippen molar-refractivity contribution in [2.45, 2.75) is 36.8 Å². The van der Waals surface area contributed by atoms with Crippen LogP contribution in [0.25, 0.3) is 0 Å². The summed E-state index contributed by atoms with van der Waals surface area (Å²) in [6.07, 6.45) is 1.86. The minimum absolute atomic E-state index is 0.0545. The normalized spacial score (nSPS) is 18.5. The monoisotopic (exact) mass is 438 g/mol. The lowest BCUT2D eigenvalue weighted by Gasteiger charge is -2.37. The summed E-state index contributed by atoms with van der Waals surface area (Å²) in [6, 6.07) is 10.2. The van der Waals surface area contributed by atoms with Gasteiger partial charge in [-0.15, -0.1) is 0 Å². The minimum atomic E-state index is -3.50. The molecule has 2 aromatic rings. The number of aryl methyl sites for hydroxylation is 1. The zero-order valence-electron chi connectivity index (χ0n) is 14.3. The van der Waals surface area contributed by atoms with Crippen molar-refractivity contribution in [1.82, 2.24) is 8.87 Å². The molecular weight excluding hydrogens is 420 g/mol. The minimum Gasteiger partial charge on any atom is -0.487 e. The summed E-state index contributed by atoms with van der Waals surface area (Å²) in [5.74, 6) is 0.509. The van der Waals surface area contributed by atoms with Crippen LogP contribution in [-0.2, 0) is 10.0 Å². The fourth-order valence-corrected chi connectivity index (χ4v) is 4.94. The van der Waals surface area contributed by atoms with Crippen LogP contribution in [0.1, 0.15) is 24.6 Å². The van der Waals surface area contributed by atoms with Crippen LogP contribution < -0.4 is 10.3 Å². The molecule has 4 rings (SSSR count). The van der Waals surface area contributed by atoms with Gasteiger partial charge in [-0.2, -0.15) is 4.31 Å².